The van der Waals surface area contributed by atoms with Crippen LogP contribution in [0.1, 0.15) is 57.6 Å². The Morgan fingerprint density at radius 3 is 1.34 bits per heavy atom. The second kappa shape index (κ2) is 17.4. The lowest BCUT2D eigenvalue weighted by atomic mass is 9.78. The van der Waals surface area contributed by atoms with Gasteiger partial charge in [0.1, 0.15) is 36.9 Å². The summed E-state index contributed by atoms with van der Waals surface area (Å²) < 4.78 is 21.8. The minimum atomic E-state index is -0.0870. The third kappa shape index (κ3) is 13.0. The van der Waals surface area contributed by atoms with Crippen LogP contribution in [0.5, 0.6) is 11.5 Å². The van der Waals surface area contributed by atoms with Gasteiger partial charge < -0.3 is 41.9 Å². The predicted octanol–water partition coefficient (Wildman–Crippen LogP) is 3.32. The monoisotopic (exact) mass is 530 g/mol. The maximum absolute atomic E-state index is 5.72. The summed E-state index contributed by atoms with van der Waals surface area (Å²) in [6, 6.07) is 16.8. The van der Waals surface area contributed by atoms with E-state index in [9.17, 15) is 0 Å². The van der Waals surface area contributed by atoms with E-state index in [1.54, 1.807) is 0 Å². The molecule has 2 fully saturated rings. The highest BCUT2D eigenvalue weighted by Crippen LogP contribution is 2.33. The molecule has 8 N–H and O–H groups in total. The number of hydrogen-bond acceptors (Lipinski definition) is 8. The van der Waals surface area contributed by atoms with Crippen LogP contribution in [0.3, 0.4) is 0 Å². The van der Waals surface area contributed by atoms with Crippen LogP contribution in [0.25, 0.3) is 0 Å². The van der Waals surface area contributed by atoms with Gasteiger partial charge in [-0.05, 0) is 68.2 Å². The molecule has 2 saturated heterocycles. The second-order valence-electron chi connectivity index (χ2n) is 10.4. The van der Waals surface area contributed by atoms with Crippen LogP contribution in [0, 0.1) is 0 Å². The molecule has 0 spiro atoms. The highest BCUT2D eigenvalue weighted by Gasteiger charge is 2.25. The summed E-state index contributed by atoms with van der Waals surface area (Å²) in [5.41, 5.74) is 23.2. The van der Waals surface area contributed by atoms with Gasteiger partial charge in [0, 0.05) is 18.0 Å². The second-order valence-corrected chi connectivity index (χ2v) is 10.4. The first-order valence-corrected chi connectivity index (χ1v) is 13.9. The summed E-state index contributed by atoms with van der Waals surface area (Å²) in [6.45, 7) is 11.5. The molecule has 2 aliphatic rings. The van der Waals surface area contributed by atoms with Gasteiger partial charge in [0.05, 0.1) is 13.2 Å². The van der Waals surface area contributed by atoms with Crippen molar-refractivity contribution in [3.63, 3.8) is 0 Å². The first kappa shape index (κ1) is 32.0. The fourth-order valence-electron chi connectivity index (χ4n) is 3.45. The first-order valence-electron chi connectivity index (χ1n) is 13.9. The Bertz CT molecular complexity index is 799. The fraction of sp³-hybridized carbons (Fsp3) is 0.600. The summed E-state index contributed by atoms with van der Waals surface area (Å²) in [7, 11) is 0. The molecule has 2 heterocycles. The minimum absolute atomic E-state index is 0.0870. The largest absolute Gasteiger partial charge is 0.491 e. The van der Waals surface area contributed by atoms with Crippen molar-refractivity contribution in [2.45, 2.75) is 70.1 Å². The minimum Gasteiger partial charge on any atom is -0.491 e. The van der Waals surface area contributed by atoms with E-state index < -0.39 is 0 Å². The molecule has 3 atom stereocenters. The van der Waals surface area contributed by atoms with Gasteiger partial charge in [-0.1, -0.05) is 51.0 Å². The van der Waals surface area contributed by atoms with Crippen LogP contribution in [0.15, 0.2) is 48.5 Å². The first-order chi connectivity index (χ1) is 18.3. The maximum atomic E-state index is 5.72. The number of nitrogens with two attached hydrogens (primary N) is 4. The average molecular weight is 531 g/mol. The van der Waals surface area contributed by atoms with Gasteiger partial charge in [-0.2, -0.15) is 0 Å². The molecule has 0 radical (unpaired) electrons. The molecule has 8 heteroatoms. The third-order valence-electron chi connectivity index (χ3n) is 6.36. The van der Waals surface area contributed by atoms with Crippen LogP contribution in [0.2, 0.25) is 0 Å². The number of hydrogen-bond donors (Lipinski definition) is 4. The van der Waals surface area contributed by atoms with Crippen molar-refractivity contribution in [1.29, 1.82) is 0 Å². The topological polar surface area (TPSA) is 148 Å². The average Bonchev–Trinajstić information content (AvgIpc) is 3.86. The maximum Gasteiger partial charge on any atom is 0.119 e. The predicted molar refractivity (Wildman–Crippen MR) is 155 cm³/mol. The van der Waals surface area contributed by atoms with Crippen molar-refractivity contribution in [1.82, 2.24) is 0 Å². The van der Waals surface area contributed by atoms with Gasteiger partial charge in [0.15, 0.2) is 0 Å². The lowest BCUT2D eigenvalue weighted by Gasteiger charge is -2.26. The van der Waals surface area contributed by atoms with Crippen molar-refractivity contribution in [3.8, 4) is 11.5 Å². The van der Waals surface area contributed by atoms with E-state index in [0.717, 1.165) is 50.6 Å². The van der Waals surface area contributed by atoms with Gasteiger partial charge in [0.2, 0.25) is 0 Å². The van der Waals surface area contributed by atoms with E-state index in [1.807, 2.05) is 31.2 Å². The van der Waals surface area contributed by atoms with Crippen LogP contribution in [-0.4, -0.2) is 64.3 Å². The number of rotatable bonds is 14. The molecule has 2 aromatic carbocycles. The smallest absolute Gasteiger partial charge is 0.119 e. The van der Waals surface area contributed by atoms with Crippen molar-refractivity contribution >= 4 is 0 Å². The summed E-state index contributed by atoms with van der Waals surface area (Å²) in [5, 5.41) is 0. The molecule has 0 saturated carbocycles. The molecule has 214 valence electrons. The van der Waals surface area contributed by atoms with Crippen molar-refractivity contribution in [2.75, 3.05) is 46.1 Å². The van der Waals surface area contributed by atoms with E-state index in [2.05, 4.69) is 38.1 Å². The number of ether oxygens (including phenoxy) is 4. The Morgan fingerprint density at radius 1 is 0.737 bits per heavy atom. The van der Waals surface area contributed by atoms with Gasteiger partial charge in [0.25, 0.3) is 0 Å². The van der Waals surface area contributed by atoms with E-state index in [0.29, 0.717) is 19.8 Å². The van der Waals surface area contributed by atoms with Crippen molar-refractivity contribution in [2.24, 2.45) is 22.9 Å². The Hall–Kier alpha value is -2.20. The van der Waals surface area contributed by atoms with Gasteiger partial charge in [-0.25, -0.2) is 0 Å². The normalized spacial score (nSPS) is 18.3. The highest BCUT2D eigenvalue weighted by molar-refractivity contribution is 5.41. The lowest BCUT2D eigenvalue weighted by Crippen LogP contribution is -2.25. The fourth-order valence-corrected chi connectivity index (χ4v) is 3.45. The molecule has 4 rings (SSSR count). The van der Waals surface area contributed by atoms with Crippen LogP contribution < -0.4 is 32.4 Å². The SMILES string of the molecule is CC(C)(c1ccc(OCC2CO2)cc1)c1ccc(OCC2CO2)cc1.CC(N)CN.NCCCCCCN. The molecule has 0 amide bonds. The van der Waals surface area contributed by atoms with Crippen molar-refractivity contribution < 1.29 is 18.9 Å². The van der Waals surface area contributed by atoms with Gasteiger partial charge in [-0.3, -0.25) is 0 Å². The van der Waals surface area contributed by atoms with Crippen LogP contribution >= 0.6 is 0 Å². The Balaban J connectivity index is 0.000000326. The number of benzene rings is 2. The summed E-state index contributed by atoms with van der Waals surface area (Å²) in [6.07, 6.45) is 5.35. The van der Waals surface area contributed by atoms with Gasteiger partial charge in [-0.15, -0.1) is 0 Å². The molecular formula is C30H50N4O4. The van der Waals surface area contributed by atoms with E-state index in [-0.39, 0.29) is 23.7 Å². The molecule has 8 nitrogen and oxygen atoms in total. The van der Waals surface area contributed by atoms with E-state index >= 15 is 0 Å². The molecule has 0 aromatic heterocycles. The van der Waals surface area contributed by atoms with Gasteiger partial charge >= 0.3 is 0 Å². The highest BCUT2D eigenvalue weighted by atomic mass is 16.6. The van der Waals surface area contributed by atoms with E-state index in [4.69, 9.17) is 41.9 Å². The van der Waals surface area contributed by atoms with Crippen LogP contribution in [0.4, 0.5) is 0 Å². The molecule has 0 bridgehead atoms. The molecule has 3 unspecified atom stereocenters. The Labute approximate surface area is 229 Å². The molecule has 2 aliphatic heterocycles. The Morgan fingerprint density at radius 2 is 1.08 bits per heavy atom. The molecule has 2 aromatic rings. The zero-order valence-electron chi connectivity index (χ0n) is 23.6. The third-order valence-corrected chi connectivity index (χ3v) is 6.36. The quantitative estimate of drug-likeness (QED) is 0.215. The lowest BCUT2D eigenvalue weighted by molar-refractivity contribution is 0.263. The molecular weight excluding hydrogens is 480 g/mol. The number of unbranched alkanes of at least 4 members (excludes halogenated alkanes) is 3. The summed E-state index contributed by atoms with van der Waals surface area (Å²) >= 11 is 0. The van der Waals surface area contributed by atoms with Crippen molar-refractivity contribution in [3.05, 3.63) is 59.7 Å². The zero-order valence-corrected chi connectivity index (χ0v) is 23.6. The summed E-state index contributed by atoms with van der Waals surface area (Å²) in [4.78, 5) is 0. The number of epoxide rings is 2. The zero-order chi connectivity index (χ0) is 27.8. The van der Waals surface area contributed by atoms with Crippen LogP contribution in [-0.2, 0) is 14.9 Å². The Kier molecular flexibility index (Phi) is 14.7. The molecule has 0 aliphatic carbocycles. The summed E-state index contributed by atoms with van der Waals surface area (Å²) in [5.74, 6) is 1.78. The van der Waals surface area contributed by atoms with E-state index in [1.165, 1.54) is 24.0 Å². The molecule has 38 heavy (non-hydrogen) atoms. The standard InChI is InChI=1S/C21H24O4.C6H16N2.C3H10N2/c1-21(2,15-3-7-17(8-4-15)22-11-19-13-24-19)16-5-9-18(10-6-16)23-12-20-14-25-20;7-5-3-1-2-4-6-8;1-3(5)2-4/h3-10,19-20H,11-14H2,1-2H3;1-8H2;3H,2,4-5H2,1H3.